The topological polar surface area (TPSA) is 77.8 Å². The summed E-state index contributed by atoms with van der Waals surface area (Å²) in [5.41, 5.74) is 0. The number of phosphoric acid groups is 1. The molecule has 0 bridgehead atoms. The van der Waals surface area contributed by atoms with Crippen molar-refractivity contribution in [2.24, 2.45) is 0 Å². The van der Waals surface area contributed by atoms with Crippen LogP contribution in [0.4, 0.5) is 0 Å². The molecule has 0 aromatic rings. The molecule has 0 rings (SSSR count). The third-order valence-electron chi connectivity index (χ3n) is 0. The second kappa shape index (κ2) is 12.9. The van der Waals surface area contributed by atoms with E-state index in [2.05, 4.69) is 28.4 Å². The Morgan fingerprint density at radius 1 is 1.22 bits per heavy atom. The zero-order valence-electron chi connectivity index (χ0n) is 3.31. The van der Waals surface area contributed by atoms with E-state index in [1.54, 1.807) is 0 Å². The molecule has 0 saturated carbocycles. The van der Waals surface area contributed by atoms with Crippen molar-refractivity contribution in [2.75, 3.05) is 0 Å². The van der Waals surface area contributed by atoms with Crippen molar-refractivity contribution in [3.63, 3.8) is 0 Å². The average molecular weight is 272 g/mol. The molecule has 0 spiro atoms. The van der Waals surface area contributed by atoms with Gasteiger partial charge in [0.25, 0.3) is 0 Å². The van der Waals surface area contributed by atoms with E-state index in [4.69, 9.17) is 19.2 Å². The van der Waals surface area contributed by atoms with Gasteiger partial charge in [-0.3, -0.25) is 0 Å². The summed E-state index contributed by atoms with van der Waals surface area (Å²) in [5, 5.41) is 0. The Labute approximate surface area is 90.6 Å². The first-order valence-electron chi connectivity index (χ1n) is 0.916. The van der Waals surface area contributed by atoms with Gasteiger partial charge in [0.2, 0.25) is 0 Å². The molecule has 0 saturated heterocycles. The number of hydrogen-bond acceptors (Lipinski definition) is 1. The van der Waals surface area contributed by atoms with Gasteiger partial charge in [-0.25, -0.2) is 4.57 Å². The molecule has 0 fully saturated rings. The summed E-state index contributed by atoms with van der Waals surface area (Å²) in [6.45, 7) is 0. The van der Waals surface area contributed by atoms with Gasteiger partial charge in [-0.1, -0.05) is 0 Å². The van der Waals surface area contributed by atoms with Crippen LogP contribution in [0.2, 0.25) is 0 Å². The molecule has 9 heavy (non-hydrogen) atoms. The van der Waals surface area contributed by atoms with Crippen LogP contribution in [-0.2, 0) is 50.0 Å². The van der Waals surface area contributed by atoms with Crippen LogP contribution < -0.4 is 0 Å². The molecule has 4 nitrogen and oxygen atoms in total. The van der Waals surface area contributed by atoms with Gasteiger partial charge in [0, 0.05) is 17.1 Å². The van der Waals surface area contributed by atoms with Crippen molar-refractivity contribution in [3.8, 4) is 0 Å². The molecule has 0 aliphatic rings. The van der Waals surface area contributed by atoms with Gasteiger partial charge in [0.15, 0.2) is 0 Å². The van der Waals surface area contributed by atoms with Crippen LogP contribution in [0, 0.1) is 0 Å². The molecule has 0 aromatic heterocycles. The first-order valence-corrected chi connectivity index (χ1v) is 4.62. The van der Waals surface area contributed by atoms with Crippen LogP contribution in [0.3, 0.4) is 0 Å². The SMILES string of the molecule is O=P(O)(O)O.[LiH].[Mn].[Mn][Fe]. The van der Waals surface area contributed by atoms with Crippen molar-refractivity contribution >= 4 is 26.7 Å². The third-order valence-corrected chi connectivity index (χ3v) is 0. The van der Waals surface area contributed by atoms with E-state index in [0.717, 1.165) is 0 Å². The van der Waals surface area contributed by atoms with E-state index in [1.807, 2.05) is 0 Å². The second-order valence-electron chi connectivity index (χ2n) is 0.513. The standard InChI is InChI=1S/Fe.Li.2Mn.H3O4P.H/c;;;;1-5(2,3)4;/h;;;;(H3,1,2,3,4);. The minimum absolute atomic E-state index is 0. The summed E-state index contributed by atoms with van der Waals surface area (Å²) in [6.07, 6.45) is 0. The fourth-order valence-electron chi connectivity index (χ4n) is 0. The minimum atomic E-state index is -4.64. The maximum atomic E-state index is 8.88. The van der Waals surface area contributed by atoms with Crippen LogP contribution in [0.5, 0.6) is 0 Å². The van der Waals surface area contributed by atoms with Gasteiger partial charge >= 0.3 is 55.1 Å². The van der Waals surface area contributed by atoms with Crippen molar-refractivity contribution in [1.82, 2.24) is 0 Å². The molecule has 56 valence electrons. The molecule has 3 N–H and O–H groups in total. The summed E-state index contributed by atoms with van der Waals surface area (Å²) in [7, 11) is -4.64. The summed E-state index contributed by atoms with van der Waals surface area (Å²) in [6, 6.07) is 0. The monoisotopic (exact) mass is 272 g/mol. The second-order valence-corrected chi connectivity index (χ2v) is 1.54. The number of rotatable bonds is 0. The third kappa shape index (κ3) is 137. The van der Waals surface area contributed by atoms with Gasteiger partial charge in [0.05, 0.1) is 0 Å². The van der Waals surface area contributed by atoms with E-state index < -0.39 is 7.82 Å². The first kappa shape index (κ1) is 22.5. The van der Waals surface area contributed by atoms with Gasteiger partial charge in [-0.05, 0) is 0 Å². The van der Waals surface area contributed by atoms with Crippen molar-refractivity contribution < 1.29 is 64.7 Å². The predicted octanol–water partition coefficient (Wildman–Crippen LogP) is -1.58. The molecule has 0 heterocycles. The Bertz CT molecular complexity index is 64.7. The molecule has 9 heteroatoms. The maximum absolute atomic E-state index is 8.88. The van der Waals surface area contributed by atoms with Gasteiger partial charge in [-0.2, -0.15) is 0 Å². The molecular weight excluding hydrogens is 268 g/mol. The Hall–Kier alpha value is 2.27. The zero-order valence-corrected chi connectivity index (χ0v) is 7.67. The van der Waals surface area contributed by atoms with E-state index >= 15 is 0 Å². The van der Waals surface area contributed by atoms with E-state index in [1.165, 1.54) is 0 Å². The predicted molar refractivity (Wildman–Crippen MR) is 21.4 cm³/mol. The van der Waals surface area contributed by atoms with Crippen LogP contribution >= 0.6 is 7.82 Å². The normalized spacial score (nSPS) is 7.22. The van der Waals surface area contributed by atoms with Crippen LogP contribution in [0.1, 0.15) is 0 Å². The van der Waals surface area contributed by atoms with Crippen molar-refractivity contribution in [3.05, 3.63) is 0 Å². The van der Waals surface area contributed by atoms with Gasteiger partial charge < -0.3 is 14.7 Å². The van der Waals surface area contributed by atoms with Gasteiger partial charge in [0.1, 0.15) is 0 Å². The quantitative estimate of drug-likeness (QED) is 0.367. The Balaban J connectivity index is -0.0000000286. The molecular formula is H4FeLiMn2O4P. The molecule has 0 amide bonds. The fraction of sp³-hybridized carbons (Fsp3) is 0. The average Bonchev–Trinajstić information content (AvgIpc) is 1.36. The molecule has 0 unspecified atom stereocenters. The molecule has 0 atom stereocenters. The first-order chi connectivity index (χ1) is 3.00. The Morgan fingerprint density at radius 2 is 1.22 bits per heavy atom. The van der Waals surface area contributed by atoms with Crippen LogP contribution in [-0.4, -0.2) is 33.5 Å². The van der Waals surface area contributed by atoms with Crippen LogP contribution in [0.25, 0.3) is 0 Å². The molecule has 0 aliphatic carbocycles. The molecule has 0 aliphatic heterocycles. The number of hydrogen-bond donors (Lipinski definition) is 3. The Kier molecular flexibility index (Phi) is 32.2. The van der Waals surface area contributed by atoms with Crippen molar-refractivity contribution in [1.29, 1.82) is 0 Å². The van der Waals surface area contributed by atoms with E-state index in [-0.39, 0.29) is 35.9 Å². The van der Waals surface area contributed by atoms with Crippen LogP contribution in [0.15, 0.2) is 0 Å². The van der Waals surface area contributed by atoms with Gasteiger partial charge in [-0.15, -0.1) is 0 Å². The summed E-state index contributed by atoms with van der Waals surface area (Å²) in [5.74, 6) is 0. The van der Waals surface area contributed by atoms with E-state index in [0.29, 0.717) is 0 Å². The fourth-order valence-corrected chi connectivity index (χ4v) is 0. The molecule has 1 radical (unpaired) electrons. The van der Waals surface area contributed by atoms with E-state index in [9.17, 15) is 0 Å². The molecule has 0 aromatic carbocycles. The summed E-state index contributed by atoms with van der Waals surface area (Å²) in [4.78, 5) is 21.6. The van der Waals surface area contributed by atoms with Crippen molar-refractivity contribution in [2.45, 2.75) is 0 Å². The Morgan fingerprint density at radius 3 is 1.22 bits per heavy atom. The summed E-state index contributed by atoms with van der Waals surface area (Å²) >= 11 is 5.75. The summed E-state index contributed by atoms with van der Waals surface area (Å²) < 4.78 is 8.88. The zero-order chi connectivity index (χ0) is 6.50.